The van der Waals surface area contributed by atoms with Crippen LogP contribution in [-0.2, 0) is 9.53 Å². The van der Waals surface area contributed by atoms with Gasteiger partial charge in [0.1, 0.15) is 0 Å². The minimum Gasteiger partial charge on any atom is -0.469 e. The second-order valence-electron chi connectivity index (χ2n) is 4.50. The van der Waals surface area contributed by atoms with Gasteiger partial charge in [0.25, 0.3) is 0 Å². The van der Waals surface area contributed by atoms with E-state index in [2.05, 4.69) is 22.0 Å². The highest BCUT2D eigenvalue weighted by Gasteiger charge is 2.19. The third kappa shape index (κ3) is 4.18. The minimum absolute atomic E-state index is 0.0471. The van der Waals surface area contributed by atoms with E-state index in [9.17, 15) is 4.79 Å². The molecule has 0 radical (unpaired) electrons. The van der Waals surface area contributed by atoms with Gasteiger partial charge in [0, 0.05) is 13.1 Å². The van der Waals surface area contributed by atoms with Gasteiger partial charge in [0.2, 0.25) is 0 Å². The van der Waals surface area contributed by atoms with Gasteiger partial charge >= 0.3 is 5.97 Å². The van der Waals surface area contributed by atoms with Crippen molar-refractivity contribution in [3.05, 3.63) is 0 Å². The number of methoxy groups -OCH3 is 1. The summed E-state index contributed by atoms with van der Waals surface area (Å²) in [6.07, 6.45) is 1.26. The number of rotatable bonds is 5. The molecule has 1 N–H and O–H groups in total. The van der Waals surface area contributed by atoms with Crippen molar-refractivity contribution in [2.45, 2.75) is 13.3 Å². The van der Waals surface area contributed by atoms with Gasteiger partial charge in [-0.2, -0.15) is 0 Å². The Bertz CT molecular complexity index is 209. The average molecular weight is 214 g/mol. The second-order valence-corrected chi connectivity index (χ2v) is 4.50. The smallest absolute Gasteiger partial charge is 0.309 e. The molecule has 2 atom stereocenters. The zero-order valence-corrected chi connectivity index (χ0v) is 9.95. The monoisotopic (exact) mass is 214 g/mol. The fourth-order valence-electron chi connectivity index (χ4n) is 1.98. The number of nitrogens with one attached hydrogen (secondary N) is 1. The highest BCUT2D eigenvalue weighted by molar-refractivity contribution is 5.71. The van der Waals surface area contributed by atoms with Gasteiger partial charge in [0.05, 0.1) is 13.0 Å². The third-order valence-corrected chi connectivity index (χ3v) is 2.98. The highest BCUT2D eigenvalue weighted by atomic mass is 16.5. The number of esters is 1. The van der Waals surface area contributed by atoms with Gasteiger partial charge in [-0.3, -0.25) is 4.79 Å². The van der Waals surface area contributed by atoms with E-state index in [4.69, 9.17) is 0 Å². The van der Waals surface area contributed by atoms with Gasteiger partial charge in [0.15, 0.2) is 0 Å². The first kappa shape index (κ1) is 12.5. The van der Waals surface area contributed by atoms with Gasteiger partial charge in [-0.05, 0) is 32.5 Å². The molecule has 1 aliphatic heterocycles. The Kier molecular flexibility index (Phi) is 5.05. The molecule has 0 bridgehead atoms. The number of hydrogen-bond donors (Lipinski definition) is 1. The van der Waals surface area contributed by atoms with Crippen molar-refractivity contribution in [3.8, 4) is 0 Å². The third-order valence-electron chi connectivity index (χ3n) is 2.98. The molecule has 1 rings (SSSR count). The zero-order valence-electron chi connectivity index (χ0n) is 9.95. The van der Waals surface area contributed by atoms with Gasteiger partial charge in [-0.25, -0.2) is 0 Å². The molecule has 2 unspecified atom stereocenters. The van der Waals surface area contributed by atoms with Crippen molar-refractivity contribution < 1.29 is 9.53 Å². The van der Waals surface area contributed by atoms with Crippen molar-refractivity contribution in [1.82, 2.24) is 10.2 Å². The quantitative estimate of drug-likeness (QED) is 0.670. The van der Waals surface area contributed by atoms with Crippen LogP contribution in [0.3, 0.4) is 0 Å². The molecule has 1 fully saturated rings. The molecule has 4 heteroatoms. The summed E-state index contributed by atoms with van der Waals surface area (Å²) >= 11 is 0. The molecule has 1 saturated heterocycles. The van der Waals surface area contributed by atoms with Crippen LogP contribution in [0.25, 0.3) is 0 Å². The molecule has 0 spiro atoms. The lowest BCUT2D eigenvalue weighted by atomic mass is 10.1. The standard InChI is InChI=1S/C11H22N2O2/c1-9(11(14)15-3)6-12-7-10-4-5-13(2)8-10/h9-10,12H,4-8H2,1-3H3. The molecule has 0 aromatic carbocycles. The molecule has 0 aromatic heterocycles. The maximum atomic E-state index is 11.1. The van der Waals surface area contributed by atoms with Crippen molar-refractivity contribution in [1.29, 1.82) is 0 Å². The fourth-order valence-corrected chi connectivity index (χ4v) is 1.98. The molecule has 1 aliphatic rings. The first-order valence-corrected chi connectivity index (χ1v) is 5.60. The molecule has 1 heterocycles. The topological polar surface area (TPSA) is 41.6 Å². The van der Waals surface area contributed by atoms with Crippen LogP contribution in [0.15, 0.2) is 0 Å². The second kappa shape index (κ2) is 6.08. The van der Waals surface area contributed by atoms with Crippen molar-refractivity contribution >= 4 is 5.97 Å². The lowest BCUT2D eigenvalue weighted by Gasteiger charge is -2.14. The van der Waals surface area contributed by atoms with Crippen molar-refractivity contribution in [2.75, 3.05) is 40.3 Å². The van der Waals surface area contributed by atoms with Gasteiger partial charge in [-0.1, -0.05) is 6.92 Å². The average Bonchev–Trinajstić information content (AvgIpc) is 2.63. The van der Waals surface area contributed by atoms with E-state index in [-0.39, 0.29) is 11.9 Å². The van der Waals surface area contributed by atoms with Gasteiger partial charge < -0.3 is 15.0 Å². The Morgan fingerprint density at radius 3 is 2.93 bits per heavy atom. The first-order valence-electron chi connectivity index (χ1n) is 5.60. The van der Waals surface area contributed by atoms with Gasteiger partial charge in [-0.15, -0.1) is 0 Å². The number of hydrogen-bond acceptors (Lipinski definition) is 4. The largest absolute Gasteiger partial charge is 0.469 e. The molecule has 88 valence electrons. The van der Waals surface area contributed by atoms with Crippen molar-refractivity contribution in [2.24, 2.45) is 11.8 Å². The predicted molar refractivity (Wildman–Crippen MR) is 59.7 cm³/mol. The van der Waals surface area contributed by atoms with Crippen LogP contribution >= 0.6 is 0 Å². The highest BCUT2D eigenvalue weighted by Crippen LogP contribution is 2.12. The molecule has 15 heavy (non-hydrogen) atoms. The maximum Gasteiger partial charge on any atom is 0.309 e. The van der Waals surface area contributed by atoms with Crippen molar-refractivity contribution in [3.63, 3.8) is 0 Å². The predicted octanol–water partition coefficient (Wildman–Crippen LogP) is 0.337. The number of carbonyl (C=O) groups excluding carboxylic acids is 1. The van der Waals surface area contributed by atoms with Crippen LogP contribution in [0.2, 0.25) is 0 Å². The first-order chi connectivity index (χ1) is 7.13. The molecular formula is C11H22N2O2. The lowest BCUT2D eigenvalue weighted by molar-refractivity contribution is -0.144. The minimum atomic E-state index is -0.133. The lowest BCUT2D eigenvalue weighted by Crippen LogP contribution is -2.31. The summed E-state index contributed by atoms with van der Waals surface area (Å²) in [5.41, 5.74) is 0. The van der Waals surface area contributed by atoms with E-state index in [0.29, 0.717) is 6.54 Å². The summed E-state index contributed by atoms with van der Waals surface area (Å²) < 4.78 is 4.66. The Labute approximate surface area is 92.0 Å². The van der Waals surface area contributed by atoms with Crippen LogP contribution in [0.5, 0.6) is 0 Å². The van der Waals surface area contributed by atoms with E-state index in [1.165, 1.54) is 26.6 Å². The van der Waals surface area contributed by atoms with E-state index in [1.807, 2.05) is 6.92 Å². The number of nitrogens with zero attached hydrogens (tertiary/aromatic N) is 1. The summed E-state index contributed by atoms with van der Waals surface area (Å²) in [7, 11) is 3.59. The summed E-state index contributed by atoms with van der Waals surface area (Å²) in [5, 5.41) is 3.34. The van der Waals surface area contributed by atoms with E-state index < -0.39 is 0 Å². The summed E-state index contributed by atoms with van der Waals surface area (Å²) in [5.74, 6) is 0.556. The fraction of sp³-hybridized carbons (Fsp3) is 0.909. The van der Waals surface area contributed by atoms with Crippen LogP contribution < -0.4 is 5.32 Å². The maximum absolute atomic E-state index is 11.1. The Morgan fingerprint density at radius 2 is 2.40 bits per heavy atom. The van der Waals surface area contributed by atoms with E-state index in [1.54, 1.807) is 0 Å². The number of ether oxygens (including phenoxy) is 1. The van der Waals surface area contributed by atoms with Crippen LogP contribution in [0, 0.1) is 11.8 Å². The molecule has 0 aliphatic carbocycles. The van der Waals surface area contributed by atoms with Crippen LogP contribution in [0.4, 0.5) is 0 Å². The molecule has 0 aromatic rings. The Morgan fingerprint density at radius 1 is 1.67 bits per heavy atom. The molecule has 0 saturated carbocycles. The van der Waals surface area contributed by atoms with E-state index in [0.717, 1.165) is 12.5 Å². The Hall–Kier alpha value is -0.610. The number of likely N-dealkylation sites (tertiary alicyclic amines) is 1. The van der Waals surface area contributed by atoms with Crippen LogP contribution in [0.1, 0.15) is 13.3 Å². The number of carbonyl (C=O) groups is 1. The summed E-state index contributed by atoms with van der Waals surface area (Å²) in [6, 6.07) is 0. The molecule has 4 nitrogen and oxygen atoms in total. The molecule has 0 amide bonds. The Balaban J connectivity index is 2.08. The van der Waals surface area contributed by atoms with E-state index >= 15 is 0 Å². The SMILES string of the molecule is COC(=O)C(C)CNCC1CCN(C)C1. The summed E-state index contributed by atoms with van der Waals surface area (Å²) in [6.45, 7) is 5.97. The van der Waals surface area contributed by atoms with Crippen LogP contribution in [-0.4, -0.2) is 51.2 Å². The zero-order chi connectivity index (χ0) is 11.3. The normalized spacial score (nSPS) is 24.1. The summed E-state index contributed by atoms with van der Waals surface area (Å²) in [4.78, 5) is 13.5. The molecular weight excluding hydrogens is 192 g/mol.